The summed E-state index contributed by atoms with van der Waals surface area (Å²) >= 11 is 1.69. The number of nitrogens with one attached hydrogen (secondary N) is 2. The van der Waals surface area contributed by atoms with Crippen molar-refractivity contribution in [3.63, 3.8) is 0 Å². The molecule has 16 heavy (non-hydrogen) atoms. The minimum absolute atomic E-state index is 0.0370. The minimum Gasteiger partial charge on any atom is -0.356 e. The van der Waals surface area contributed by atoms with E-state index in [2.05, 4.69) is 29.5 Å². The monoisotopic (exact) mass is 243 g/mol. The Hall–Kier alpha value is -0.710. The molecule has 1 aliphatic heterocycles. The molecule has 92 valence electrons. The molecule has 4 nitrogen and oxygen atoms in total. The second-order valence-electron chi connectivity index (χ2n) is 4.78. The molecule has 0 radical (unpaired) electrons. The lowest BCUT2D eigenvalue weighted by molar-refractivity contribution is -0.119. The van der Waals surface area contributed by atoms with Crippen LogP contribution in [0.1, 0.15) is 27.2 Å². The molecule has 2 N–H and O–H groups in total. The number of amides is 1. The maximum Gasteiger partial charge on any atom is 0.239 e. The van der Waals surface area contributed by atoms with E-state index in [1.54, 1.807) is 11.8 Å². The van der Waals surface area contributed by atoms with Crippen molar-refractivity contribution in [1.29, 1.82) is 0 Å². The van der Waals surface area contributed by atoms with Crippen molar-refractivity contribution in [1.82, 2.24) is 10.6 Å². The topological polar surface area (TPSA) is 53.5 Å². The van der Waals surface area contributed by atoms with Gasteiger partial charge in [0.05, 0.1) is 6.54 Å². The highest BCUT2D eigenvalue weighted by Crippen LogP contribution is 2.26. The van der Waals surface area contributed by atoms with Crippen molar-refractivity contribution in [3.05, 3.63) is 0 Å². The van der Waals surface area contributed by atoms with Crippen LogP contribution < -0.4 is 10.6 Å². The van der Waals surface area contributed by atoms with Gasteiger partial charge in [-0.2, -0.15) is 0 Å². The van der Waals surface area contributed by atoms with Gasteiger partial charge < -0.3 is 10.6 Å². The molecule has 0 saturated carbocycles. The zero-order valence-corrected chi connectivity index (χ0v) is 11.1. The van der Waals surface area contributed by atoms with Crippen LogP contribution in [-0.2, 0) is 4.79 Å². The molecule has 0 unspecified atom stereocenters. The van der Waals surface area contributed by atoms with Crippen LogP contribution in [0.5, 0.6) is 0 Å². The molecule has 0 spiro atoms. The van der Waals surface area contributed by atoms with Gasteiger partial charge in [-0.3, -0.25) is 9.79 Å². The first-order valence-corrected chi connectivity index (χ1v) is 6.70. The third-order valence-electron chi connectivity index (χ3n) is 2.22. The second kappa shape index (κ2) is 6.13. The SMILES string of the molecule is CCCNC(=O)CNC1=NCC(C)(C)CS1. The maximum absolute atomic E-state index is 11.3. The molecule has 0 fully saturated rings. The van der Waals surface area contributed by atoms with Crippen molar-refractivity contribution < 1.29 is 4.79 Å². The Morgan fingerprint density at radius 2 is 2.31 bits per heavy atom. The molecular weight excluding hydrogens is 222 g/mol. The van der Waals surface area contributed by atoms with Gasteiger partial charge in [-0.25, -0.2) is 0 Å². The van der Waals surface area contributed by atoms with E-state index in [9.17, 15) is 4.79 Å². The molecule has 0 aromatic rings. The van der Waals surface area contributed by atoms with Crippen molar-refractivity contribution in [2.75, 3.05) is 25.4 Å². The number of carbonyl (C=O) groups excluding carboxylic acids is 1. The summed E-state index contributed by atoms with van der Waals surface area (Å²) in [5, 5.41) is 6.79. The summed E-state index contributed by atoms with van der Waals surface area (Å²) in [6, 6.07) is 0. The van der Waals surface area contributed by atoms with Crippen LogP contribution >= 0.6 is 11.8 Å². The van der Waals surface area contributed by atoms with Gasteiger partial charge in [0.15, 0.2) is 5.17 Å². The van der Waals surface area contributed by atoms with Crippen molar-refractivity contribution >= 4 is 22.8 Å². The first-order valence-electron chi connectivity index (χ1n) is 5.71. The van der Waals surface area contributed by atoms with Gasteiger partial charge in [0.25, 0.3) is 0 Å². The summed E-state index contributed by atoms with van der Waals surface area (Å²) in [7, 11) is 0. The van der Waals surface area contributed by atoms with Crippen LogP contribution in [0.3, 0.4) is 0 Å². The Bertz CT molecular complexity index is 276. The molecule has 0 atom stereocenters. The number of carbonyl (C=O) groups is 1. The normalized spacial score (nSPS) is 18.8. The molecule has 0 bridgehead atoms. The van der Waals surface area contributed by atoms with E-state index >= 15 is 0 Å². The number of aliphatic imine (C=N–C) groups is 1. The van der Waals surface area contributed by atoms with E-state index in [1.165, 1.54) is 0 Å². The van der Waals surface area contributed by atoms with E-state index in [1.807, 2.05) is 6.92 Å². The third-order valence-corrected chi connectivity index (χ3v) is 3.70. The van der Waals surface area contributed by atoms with E-state index < -0.39 is 0 Å². The van der Waals surface area contributed by atoms with Gasteiger partial charge in [0.2, 0.25) is 5.91 Å². The number of amidine groups is 1. The molecule has 1 aliphatic rings. The first kappa shape index (κ1) is 13.4. The fourth-order valence-corrected chi connectivity index (χ4v) is 2.18. The van der Waals surface area contributed by atoms with E-state index in [0.29, 0.717) is 6.54 Å². The zero-order valence-electron chi connectivity index (χ0n) is 10.3. The van der Waals surface area contributed by atoms with E-state index in [4.69, 9.17) is 0 Å². The lowest BCUT2D eigenvalue weighted by Crippen LogP contribution is -2.38. The minimum atomic E-state index is 0.0370. The van der Waals surface area contributed by atoms with Gasteiger partial charge in [-0.05, 0) is 11.8 Å². The lowest BCUT2D eigenvalue weighted by Gasteiger charge is -2.27. The number of rotatable bonds is 4. The van der Waals surface area contributed by atoms with E-state index in [-0.39, 0.29) is 11.3 Å². The first-order chi connectivity index (χ1) is 7.53. The van der Waals surface area contributed by atoms with Crippen LogP contribution in [0, 0.1) is 5.41 Å². The lowest BCUT2D eigenvalue weighted by atomic mass is 9.97. The summed E-state index contributed by atoms with van der Waals surface area (Å²) in [5.41, 5.74) is 0.278. The smallest absolute Gasteiger partial charge is 0.239 e. The summed E-state index contributed by atoms with van der Waals surface area (Å²) < 4.78 is 0. The fourth-order valence-electron chi connectivity index (χ4n) is 1.23. The second-order valence-corrected chi connectivity index (χ2v) is 5.74. The highest BCUT2D eigenvalue weighted by atomic mass is 32.2. The average Bonchev–Trinajstić information content (AvgIpc) is 2.25. The summed E-state index contributed by atoms with van der Waals surface area (Å²) in [5.74, 6) is 1.09. The standard InChI is InChI=1S/C11H21N3OS/c1-4-5-12-9(15)6-13-10-14-7-11(2,3)8-16-10/h4-8H2,1-3H3,(H,12,15)(H,13,14). The average molecular weight is 243 g/mol. The Morgan fingerprint density at radius 3 is 2.88 bits per heavy atom. The van der Waals surface area contributed by atoms with Gasteiger partial charge in [-0.1, -0.05) is 32.5 Å². The molecule has 0 aliphatic carbocycles. The van der Waals surface area contributed by atoms with Crippen LogP contribution in [0.25, 0.3) is 0 Å². The largest absolute Gasteiger partial charge is 0.356 e. The summed E-state index contributed by atoms with van der Waals surface area (Å²) in [6.07, 6.45) is 0.968. The number of hydrogen-bond acceptors (Lipinski definition) is 4. The Morgan fingerprint density at radius 1 is 1.56 bits per heavy atom. The molecule has 0 aromatic heterocycles. The quantitative estimate of drug-likeness (QED) is 0.781. The summed E-state index contributed by atoms with van der Waals surface area (Å²) in [6.45, 7) is 8.34. The Kier molecular flexibility index (Phi) is 5.12. The predicted molar refractivity (Wildman–Crippen MR) is 69.8 cm³/mol. The van der Waals surface area contributed by atoms with Gasteiger partial charge in [-0.15, -0.1) is 0 Å². The number of hydrogen-bond donors (Lipinski definition) is 2. The van der Waals surface area contributed by atoms with Gasteiger partial charge in [0.1, 0.15) is 0 Å². The van der Waals surface area contributed by atoms with Crippen molar-refractivity contribution in [2.24, 2.45) is 10.4 Å². The molecule has 0 saturated heterocycles. The van der Waals surface area contributed by atoms with Crippen molar-refractivity contribution in [3.8, 4) is 0 Å². The number of nitrogens with zero attached hydrogens (tertiary/aromatic N) is 1. The third kappa shape index (κ3) is 4.88. The number of thioether (sulfide) groups is 1. The van der Waals surface area contributed by atoms with Gasteiger partial charge >= 0.3 is 0 Å². The molecular formula is C11H21N3OS. The summed E-state index contributed by atoms with van der Waals surface area (Å²) in [4.78, 5) is 15.8. The Balaban J connectivity index is 2.24. The van der Waals surface area contributed by atoms with Gasteiger partial charge in [0, 0.05) is 18.8 Å². The maximum atomic E-state index is 11.3. The van der Waals surface area contributed by atoms with Crippen LogP contribution in [0.15, 0.2) is 4.99 Å². The fraction of sp³-hybridized carbons (Fsp3) is 0.818. The molecule has 5 heteroatoms. The van der Waals surface area contributed by atoms with Crippen LogP contribution in [0.2, 0.25) is 0 Å². The van der Waals surface area contributed by atoms with E-state index in [0.717, 1.165) is 30.4 Å². The molecule has 1 rings (SSSR count). The molecule has 0 aromatic carbocycles. The molecule has 1 amide bonds. The highest BCUT2D eigenvalue weighted by molar-refractivity contribution is 8.13. The zero-order chi connectivity index (χ0) is 12.0. The highest BCUT2D eigenvalue weighted by Gasteiger charge is 2.23. The molecule has 1 heterocycles. The van der Waals surface area contributed by atoms with Crippen LogP contribution in [0.4, 0.5) is 0 Å². The predicted octanol–water partition coefficient (Wildman–Crippen LogP) is 1.23. The Labute approximate surface area is 102 Å². The van der Waals surface area contributed by atoms with Crippen LogP contribution in [-0.4, -0.2) is 36.5 Å². The van der Waals surface area contributed by atoms with Crippen molar-refractivity contribution in [2.45, 2.75) is 27.2 Å².